The van der Waals surface area contributed by atoms with Crippen molar-refractivity contribution >= 4 is 39.8 Å². The van der Waals surface area contributed by atoms with Crippen LogP contribution in [0.1, 0.15) is 50.3 Å². The van der Waals surface area contributed by atoms with E-state index in [4.69, 9.17) is 37.6 Å². The molecule has 1 spiro atoms. The van der Waals surface area contributed by atoms with Crippen molar-refractivity contribution in [1.29, 1.82) is 0 Å². The molecule has 9 nitrogen and oxygen atoms in total. The quantitative estimate of drug-likeness (QED) is 0.207. The summed E-state index contributed by atoms with van der Waals surface area (Å²) in [6.07, 6.45) is 8.44. The number of benzene rings is 2. The normalized spacial score (nSPS) is 22.4. The fourth-order valence-corrected chi connectivity index (χ4v) is 7.86. The third-order valence-electron chi connectivity index (χ3n) is 10.2. The Morgan fingerprint density at radius 2 is 2.00 bits per heavy atom. The number of halogens is 1. The van der Waals surface area contributed by atoms with Gasteiger partial charge in [0.2, 0.25) is 12.5 Å². The fourth-order valence-electron chi connectivity index (χ4n) is 7.58. The van der Waals surface area contributed by atoms with Crippen LogP contribution < -0.4 is 14.5 Å². The van der Waals surface area contributed by atoms with Crippen LogP contribution in [-0.4, -0.2) is 78.4 Å². The Bertz CT molecular complexity index is 1680. The van der Waals surface area contributed by atoms with E-state index >= 15 is 0 Å². The number of aromatic nitrogens is 2. The van der Waals surface area contributed by atoms with Crippen molar-refractivity contribution < 1.29 is 14.3 Å². The summed E-state index contributed by atoms with van der Waals surface area (Å²) in [5.41, 5.74) is 3.65. The summed E-state index contributed by atoms with van der Waals surface area (Å²) < 4.78 is 12.7. The number of fused-ring (bicyclic) bond motifs is 2. The van der Waals surface area contributed by atoms with Gasteiger partial charge in [-0.2, -0.15) is 9.97 Å². The molecule has 3 heterocycles. The van der Waals surface area contributed by atoms with Gasteiger partial charge in [-0.3, -0.25) is 4.79 Å². The number of ether oxygens (including phenoxy) is 2. The van der Waals surface area contributed by atoms with Crippen LogP contribution in [-0.2, 0) is 22.5 Å². The molecule has 2 saturated carbocycles. The monoisotopic (exact) mass is 640 g/mol. The van der Waals surface area contributed by atoms with Crippen LogP contribution in [0.15, 0.2) is 49.1 Å². The van der Waals surface area contributed by atoms with Crippen LogP contribution in [0, 0.1) is 12.0 Å². The van der Waals surface area contributed by atoms with Crippen molar-refractivity contribution in [3.05, 3.63) is 76.8 Å². The van der Waals surface area contributed by atoms with Crippen molar-refractivity contribution in [2.45, 2.75) is 70.2 Å². The molecule has 0 bridgehead atoms. The number of rotatable bonds is 9. The van der Waals surface area contributed by atoms with Gasteiger partial charge in [0, 0.05) is 42.8 Å². The molecule has 1 unspecified atom stereocenters. The van der Waals surface area contributed by atoms with Gasteiger partial charge in [-0.05, 0) is 74.5 Å². The van der Waals surface area contributed by atoms with Crippen LogP contribution in [0.4, 0.5) is 11.5 Å². The Morgan fingerprint density at radius 3 is 2.76 bits per heavy atom. The number of amides is 1. The van der Waals surface area contributed by atoms with Crippen molar-refractivity contribution in [3.63, 3.8) is 0 Å². The second kappa shape index (κ2) is 12.7. The Hall–Kier alpha value is -3.87. The summed E-state index contributed by atoms with van der Waals surface area (Å²) in [7, 11) is 0. The smallest absolute Gasteiger partial charge is 0.319 e. The number of carbonyl (C=O) groups excluding carboxylic acids is 1. The lowest BCUT2D eigenvalue weighted by atomic mass is 10.0. The molecule has 3 atom stereocenters. The molecule has 1 saturated heterocycles. The van der Waals surface area contributed by atoms with Crippen molar-refractivity contribution in [1.82, 2.24) is 14.9 Å². The van der Waals surface area contributed by atoms with Gasteiger partial charge < -0.3 is 29.0 Å². The largest absolute Gasteiger partial charge is 0.458 e. The first-order valence-corrected chi connectivity index (χ1v) is 16.9. The average Bonchev–Trinajstić information content (AvgIpc) is 3.71. The van der Waals surface area contributed by atoms with E-state index in [1.54, 1.807) is 4.90 Å². The topological polar surface area (TPSA) is 75.4 Å². The molecule has 10 heteroatoms. The highest BCUT2D eigenvalue weighted by Crippen LogP contribution is 2.58. The highest BCUT2D eigenvalue weighted by atomic mass is 35.5. The van der Waals surface area contributed by atoms with Gasteiger partial charge in [-0.15, -0.1) is 0 Å². The average molecular weight is 641 g/mol. The molecule has 2 aromatic carbocycles. The lowest BCUT2D eigenvalue weighted by Crippen LogP contribution is -2.56. The summed E-state index contributed by atoms with van der Waals surface area (Å²) in [5.74, 6) is 0.686. The van der Waals surface area contributed by atoms with Crippen LogP contribution in [0.3, 0.4) is 0 Å². The van der Waals surface area contributed by atoms with E-state index in [1.165, 1.54) is 31.8 Å². The molecule has 3 aromatic rings. The van der Waals surface area contributed by atoms with Gasteiger partial charge in [-0.1, -0.05) is 42.4 Å². The van der Waals surface area contributed by atoms with E-state index in [2.05, 4.69) is 45.5 Å². The lowest BCUT2D eigenvalue weighted by molar-refractivity contribution is -0.128. The molecule has 1 amide bonds. The van der Waals surface area contributed by atoms with Crippen LogP contribution >= 0.6 is 11.6 Å². The van der Waals surface area contributed by atoms with Crippen molar-refractivity contribution in [3.8, 4) is 6.01 Å². The SMILES string of the molecule is [C-]#[N+]C[C@H]1CN(c2nc(O[C@@H](C)COC3CCC4(CC4)C3)nc3c2CCN(c2cccc4cccc(Cl)c24)C3)CCN1C(=O)C=C. The summed E-state index contributed by atoms with van der Waals surface area (Å²) in [4.78, 5) is 32.5. The summed E-state index contributed by atoms with van der Waals surface area (Å²) in [6, 6.07) is 12.4. The zero-order valence-corrected chi connectivity index (χ0v) is 27.2. The van der Waals surface area contributed by atoms with Gasteiger partial charge in [-0.25, -0.2) is 6.57 Å². The van der Waals surface area contributed by atoms with Crippen molar-refractivity contribution in [2.24, 2.45) is 5.41 Å². The van der Waals surface area contributed by atoms with E-state index in [1.807, 2.05) is 19.1 Å². The van der Waals surface area contributed by atoms with Gasteiger partial charge in [0.05, 0.1) is 30.0 Å². The number of piperazine rings is 1. The Labute approximate surface area is 275 Å². The van der Waals surface area contributed by atoms with E-state index in [0.717, 1.165) is 57.9 Å². The molecule has 240 valence electrons. The zero-order chi connectivity index (χ0) is 31.8. The highest BCUT2D eigenvalue weighted by Gasteiger charge is 2.48. The first-order chi connectivity index (χ1) is 22.4. The van der Waals surface area contributed by atoms with Crippen LogP contribution in [0.2, 0.25) is 5.02 Å². The van der Waals surface area contributed by atoms with Crippen LogP contribution in [0.5, 0.6) is 6.01 Å². The van der Waals surface area contributed by atoms with E-state index in [9.17, 15) is 4.79 Å². The number of nitrogens with zero attached hydrogens (tertiary/aromatic N) is 6. The third-order valence-corrected chi connectivity index (χ3v) is 10.5. The number of hydrogen-bond acceptors (Lipinski definition) is 7. The first-order valence-electron chi connectivity index (χ1n) is 16.5. The number of hydrogen-bond donors (Lipinski definition) is 0. The molecule has 3 fully saturated rings. The number of carbonyl (C=O) groups is 1. The predicted molar refractivity (Wildman–Crippen MR) is 180 cm³/mol. The van der Waals surface area contributed by atoms with Gasteiger partial charge in [0.15, 0.2) is 0 Å². The molecule has 2 aliphatic carbocycles. The molecule has 1 aromatic heterocycles. The molecular formula is C36H41ClN6O3. The second-order valence-electron chi connectivity index (χ2n) is 13.3. The van der Waals surface area contributed by atoms with E-state index in [-0.39, 0.29) is 24.6 Å². The molecule has 0 N–H and O–H groups in total. The number of anilines is 2. The minimum atomic E-state index is -0.252. The summed E-state index contributed by atoms with van der Waals surface area (Å²) in [5, 5.41) is 2.87. The van der Waals surface area contributed by atoms with Crippen molar-refractivity contribution in [2.75, 3.05) is 49.1 Å². The molecule has 4 aliphatic rings. The molecule has 2 aliphatic heterocycles. The maximum Gasteiger partial charge on any atom is 0.319 e. The third kappa shape index (κ3) is 6.13. The Balaban J connectivity index is 1.17. The molecule has 7 rings (SSSR count). The minimum absolute atomic E-state index is 0.143. The lowest BCUT2D eigenvalue weighted by Gasteiger charge is -2.41. The van der Waals surface area contributed by atoms with Gasteiger partial charge in [0.25, 0.3) is 0 Å². The Morgan fingerprint density at radius 1 is 1.17 bits per heavy atom. The van der Waals surface area contributed by atoms with Gasteiger partial charge >= 0.3 is 6.01 Å². The zero-order valence-electron chi connectivity index (χ0n) is 26.5. The molecule has 0 radical (unpaired) electrons. The molecular weight excluding hydrogens is 600 g/mol. The standard InChI is InChI=1S/C36H41ClN6O3/c1-4-32(44)43-18-17-42(21-26(43)20-38-3)34-28-12-16-41(31-10-6-8-25-7-5-9-29(37)33(25)31)22-30(28)39-35(40-34)46-24(2)23-45-27-11-13-36(19-27)14-15-36/h4-10,24,26-27H,1,11-23H2,2H3/t24-,26-,27?/m0/s1. The van der Waals surface area contributed by atoms with E-state index < -0.39 is 0 Å². The predicted octanol–water partition coefficient (Wildman–Crippen LogP) is 6.08. The Kier molecular flexibility index (Phi) is 8.51. The van der Waals surface area contributed by atoms with E-state index in [0.29, 0.717) is 50.3 Å². The molecule has 46 heavy (non-hydrogen) atoms. The summed E-state index contributed by atoms with van der Waals surface area (Å²) in [6.45, 7) is 16.9. The maximum atomic E-state index is 12.6. The second-order valence-corrected chi connectivity index (χ2v) is 13.8. The summed E-state index contributed by atoms with van der Waals surface area (Å²) >= 11 is 6.72. The minimum Gasteiger partial charge on any atom is -0.458 e. The maximum absolute atomic E-state index is 12.6. The fraction of sp³-hybridized carbons (Fsp3) is 0.500. The highest BCUT2D eigenvalue weighted by molar-refractivity contribution is 6.36. The van der Waals surface area contributed by atoms with Crippen LogP contribution in [0.25, 0.3) is 15.6 Å². The first kappa shape index (κ1) is 30.8. The van der Waals surface area contributed by atoms with Gasteiger partial charge in [0.1, 0.15) is 18.0 Å².